The van der Waals surface area contributed by atoms with Gasteiger partial charge >= 0.3 is 0 Å². The molecule has 0 spiro atoms. The van der Waals surface area contributed by atoms with Gasteiger partial charge in [0.2, 0.25) is 10.0 Å². The van der Waals surface area contributed by atoms with Crippen LogP contribution in [0.5, 0.6) is 0 Å². The molecule has 9 heteroatoms. The Kier molecular flexibility index (Phi) is 3.97. The average Bonchev–Trinajstić information content (AvgIpc) is 3.29. The van der Waals surface area contributed by atoms with Gasteiger partial charge in [-0.1, -0.05) is 30.3 Å². The summed E-state index contributed by atoms with van der Waals surface area (Å²) in [4.78, 5) is 18.6. The quantitative estimate of drug-likeness (QED) is 0.735. The van der Waals surface area contributed by atoms with Crippen molar-refractivity contribution in [2.45, 2.75) is 11.7 Å². The summed E-state index contributed by atoms with van der Waals surface area (Å²) in [5, 5.41) is 8.80. The molecule has 0 radical (unpaired) electrons. The second-order valence-electron chi connectivity index (χ2n) is 6.24. The third kappa shape index (κ3) is 2.85. The molecule has 1 aliphatic heterocycles. The van der Waals surface area contributed by atoms with Crippen LogP contribution in [0.1, 0.15) is 16.8 Å². The van der Waals surface area contributed by atoms with Crippen LogP contribution in [0.4, 0.5) is 0 Å². The molecule has 3 heterocycles. The fraction of sp³-hybridized carbons (Fsp3) is 0.235. The maximum absolute atomic E-state index is 12.8. The first-order chi connectivity index (χ1) is 12.4. The van der Waals surface area contributed by atoms with E-state index in [0.29, 0.717) is 24.2 Å². The maximum Gasteiger partial charge on any atom is 0.259 e. The number of nitrogens with two attached hydrogens (primary N) is 1. The Balaban J connectivity index is 1.69. The molecule has 26 heavy (non-hydrogen) atoms. The zero-order valence-electron chi connectivity index (χ0n) is 13.8. The molecule has 1 aromatic carbocycles. The van der Waals surface area contributed by atoms with E-state index in [-0.39, 0.29) is 12.5 Å². The highest BCUT2D eigenvalue weighted by atomic mass is 32.2. The lowest BCUT2D eigenvalue weighted by molar-refractivity contribution is 0.0795. The predicted molar refractivity (Wildman–Crippen MR) is 95.8 cm³/mol. The number of amides is 1. The number of sulfonamides is 1. The number of rotatable bonds is 3. The van der Waals surface area contributed by atoms with Crippen LogP contribution in [0.15, 0.2) is 48.8 Å². The van der Waals surface area contributed by atoms with Gasteiger partial charge in [-0.15, -0.1) is 0 Å². The van der Waals surface area contributed by atoms with Crippen molar-refractivity contribution in [3.05, 3.63) is 54.4 Å². The molecule has 1 saturated heterocycles. The molecule has 2 N–H and O–H groups in total. The summed E-state index contributed by atoms with van der Waals surface area (Å²) >= 11 is 0. The van der Waals surface area contributed by atoms with E-state index in [9.17, 15) is 13.2 Å². The molecule has 1 amide bonds. The number of fused-ring (bicyclic) bond motifs is 1. The molecule has 0 saturated carbocycles. The molecule has 0 aliphatic carbocycles. The van der Waals surface area contributed by atoms with Crippen molar-refractivity contribution in [1.82, 2.24) is 19.5 Å². The number of aromatic nitrogens is 3. The SMILES string of the molecule is NS(=O)(=O)C1CCN(C(=O)c2cnn3c(-c4ccccc4)ccnc23)C1. The minimum atomic E-state index is -3.65. The van der Waals surface area contributed by atoms with Gasteiger partial charge in [0, 0.05) is 24.8 Å². The van der Waals surface area contributed by atoms with Gasteiger partial charge < -0.3 is 4.90 Å². The normalized spacial score (nSPS) is 17.7. The molecule has 4 rings (SSSR count). The van der Waals surface area contributed by atoms with Crippen molar-refractivity contribution in [2.75, 3.05) is 13.1 Å². The highest BCUT2D eigenvalue weighted by Crippen LogP contribution is 2.23. The second kappa shape index (κ2) is 6.19. The lowest BCUT2D eigenvalue weighted by atomic mass is 10.1. The standard InChI is InChI=1S/C17H17N5O3S/c18-26(24,25)13-7-9-21(11-13)17(23)14-10-20-22-15(6-8-19-16(14)22)12-4-2-1-3-5-12/h1-6,8,10,13H,7,9,11H2,(H2,18,24,25). The predicted octanol–water partition coefficient (Wildman–Crippen LogP) is 0.899. The molecule has 1 fully saturated rings. The Morgan fingerprint density at radius 3 is 2.65 bits per heavy atom. The molecular weight excluding hydrogens is 354 g/mol. The van der Waals surface area contributed by atoms with Crippen molar-refractivity contribution in [3.63, 3.8) is 0 Å². The summed E-state index contributed by atoms with van der Waals surface area (Å²) in [5.41, 5.74) is 2.56. The summed E-state index contributed by atoms with van der Waals surface area (Å²) in [5.74, 6) is -0.288. The summed E-state index contributed by atoms with van der Waals surface area (Å²) < 4.78 is 24.6. The lowest BCUT2D eigenvalue weighted by Gasteiger charge is -2.15. The summed E-state index contributed by atoms with van der Waals surface area (Å²) in [6.07, 6.45) is 3.45. The van der Waals surface area contributed by atoms with Gasteiger partial charge in [-0.05, 0) is 12.5 Å². The van der Waals surface area contributed by atoms with Gasteiger partial charge in [-0.3, -0.25) is 4.79 Å². The van der Waals surface area contributed by atoms with Crippen LogP contribution in [0.25, 0.3) is 16.9 Å². The molecular formula is C17H17N5O3S. The molecule has 0 bridgehead atoms. The van der Waals surface area contributed by atoms with E-state index in [4.69, 9.17) is 5.14 Å². The highest BCUT2D eigenvalue weighted by molar-refractivity contribution is 7.89. The van der Waals surface area contributed by atoms with Gasteiger partial charge in [0.05, 0.1) is 17.1 Å². The van der Waals surface area contributed by atoms with Crippen molar-refractivity contribution in [1.29, 1.82) is 0 Å². The van der Waals surface area contributed by atoms with Gasteiger partial charge in [0.25, 0.3) is 5.91 Å². The van der Waals surface area contributed by atoms with E-state index in [1.165, 1.54) is 11.1 Å². The van der Waals surface area contributed by atoms with Crippen molar-refractivity contribution >= 4 is 21.6 Å². The topological polar surface area (TPSA) is 111 Å². The Hall–Kier alpha value is -2.78. The number of hydrogen-bond donors (Lipinski definition) is 1. The maximum atomic E-state index is 12.8. The molecule has 1 unspecified atom stereocenters. The Morgan fingerprint density at radius 2 is 1.96 bits per heavy atom. The minimum absolute atomic E-state index is 0.0907. The monoisotopic (exact) mass is 371 g/mol. The van der Waals surface area contributed by atoms with E-state index in [1.54, 1.807) is 10.7 Å². The minimum Gasteiger partial charge on any atom is -0.337 e. The number of likely N-dealkylation sites (tertiary alicyclic amines) is 1. The third-order valence-corrected chi connectivity index (χ3v) is 5.91. The first-order valence-corrected chi connectivity index (χ1v) is 9.75. The van der Waals surface area contributed by atoms with Crippen molar-refractivity contribution in [3.8, 4) is 11.3 Å². The van der Waals surface area contributed by atoms with Crippen molar-refractivity contribution in [2.24, 2.45) is 5.14 Å². The fourth-order valence-corrected chi connectivity index (χ4v) is 4.04. The van der Waals surface area contributed by atoms with E-state index in [1.807, 2.05) is 36.4 Å². The van der Waals surface area contributed by atoms with E-state index >= 15 is 0 Å². The summed E-state index contributed by atoms with van der Waals surface area (Å²) in [6, 6.07) is 11.5. The molecule has 1 aliphatic rings. The molecule has 8 nitrogen and oxygen atoms in total. The smallest absolute Gasteiger partial charge is 0.259 e. The third-order valence-electron chi connectivity index (χ3n) is 4.60. The number of benzene rings is 1. The molecule has 134 valence electrons. The lowest BCUT2D eigenvalue weighted by Crippen LogP contribution is -2.34. The zero-order valence-corrected chi connectivity index (χ0v) is 14.6. The number of carbonyl (C=O) groups excluding carboxylic acids is 1. The molecule has 3 aromatic rings. The van der Waals surface area contributed by atoms with Crippen molar-refractivity contribution < 1.29 is 13.2 Å². The fourth-order valence-electron chi connectivity index (χ4n) is 3.22. The Labute approximate surface area is 150 Å². The van der Waals surface area contributed by atoms with Crippen LogP contribution in [0.2, 0.25) is 0 Å². The highest BCUT2D eigenvalue weighted by Gasteiger charge is 2.34. The number of hydrogen-bond acceptors (Lipinski definition) is 5. The number of primary sulfonamides is 1. The molecule has 2 aromatic heterocycles. The van der Waals surface area contributed by atoms with E-state index < -0.39 is 15.3 Å². The van der Waals surface area contributed by atoms with E-state index in [2.05, 4.69) is 10.1 Å². The van der Waals surface area contributed by atoms with Crippen LogP contribution in [0.3, 0.4) is 0 Å². The Morgan fingerprint density at radius 1 is 1.19 bits per heavy atom. The first-order valence-electron chi connectivity index (χ1n) is 8.14. The van der Waals surface area contributed by atoms with Crippen LogP contribution >= 0.6 is 0 Å². The van der Waals surface area contributed by atoms with Crippen LogP contribution in [-0.4, -0.2) is 52.2 Å². The summed E-state index contributed by atoms with van der Waals surface area (Å²) in [6.45, 7) is 0.434. The zero-order chi connectivity index (χ0) is 18.3. The second-order valence-corrected chi connectivity index (χ2v) is 8.09. The van der Waals surface area contributed by atoms with Gasteiger partial charge in [0.15, 0.2) is 5.65 Å². The summed E-state index contributed by atoms with van der Waals surface area (Å²) in [7, 11) is -3.65. The van der Waals surface area contributed by atoms with Crippen LogP contribution in [-0.2, 0) is 10.0 Å². The first kappa shape index (κ1) is 16.7. The Bertz CT molecular complexity index is 1080. The van der Waals surface area contributed by atoms with Gasteiger partial charge in [0.1, 0.15) is 5.56 Å². The van der Waals surface area contributed by atoms with Gasteiger partial charge in [-0.25, -0.2) is 23.1 Å². The average molecular weight is 371 g/mol. The van der Waals surface area contributed by atoms with Gasteiger partial charge in [-0.2, -0.15) is 5.10 Å². The van der Waals surface area contributed by atoms with Crippen LogP contribution < -0.4 is 5.14 Å². The number of nitrogens with zero attached hydrogens (tertiary/aromatic N) is 4. The van der Waals surface area contributed by atoms with Crippen LogP contribution in [0, 0.1) is 0 Å². The van der Waals surface area contributed by atoms with E-state index in [0.717, 1.165) is 11.3 Å². The largest absolute Gasteiger partial charge is 0.337 e. The number of carbonyl (C=O) groups is 1. The molecule has 1 atom stereocenters.